The van der Waals surface area contributed by atoms with Gasteiger partial charge in [0, 0.05) is 13.1 Å². The zero-order valence-corrected chi connectivity index (χ0v) is 12.0. The molecular weight excluding hydrogens is 228 g/mol. The van der Waals surface area contributed by atoms with Crippen LogP contribution in [0.3, 0.4) is 0 Å². The number of anilines is 2. The maximum absolute atomic E-state index is 6.09. The normalized spacial score (nSPS) is 11.1. The number of nitrogens with zero attached hydrogens (tertiary/aromatic N) is 3. The topological polar surface area (TPSA) is 64.3 Å². The third-order valence-corrected chi connectivity index (χ3v) is 2.44. The zero-order chi connectivity index (χ0) is 13.7. The highest BCUT2D eigenvalue weighted by Gasteiger charge is 2.16. The van der Waals surface area contributed by atoms with Gasteiger partial charge in [-0.2, -0.15) is 4.98 Å². The Morgan fingerprint density at radius 3 is 2.44 bits per heavy atom. The fraction of sp³-hybridized carbons (Fsp3) is 0.692. The van der Waals surface area contributed by atoms with Crippen molar-refractivity contribution < 1.29 is 4.74 Å². The summed E-state index contributed by atoms with van der Waals surface area (Å²) >= 11 is 0. The summed E-state index contributed by atoms with van der Waals surface area (Å²) in [5.74, 6) is 1.78. The highest BCUT2D eigenvalue weighted by molar-refractivity contribution is 5.67. The molecule has 1 aromatic heterocycles. The lowest BCUT2D eigenvalue weighted by atomic mass is 10.2. The van der Waals surface area contributed by atoms with Gasteiger partial charge in [0.2, 0.25) is 5.88 Å². The van der Waals surface area contributed by atoms with Crippen LogP contribution in [-0.4, -0.2) is 29.2 Å². The summed E-state index contributed by atoms with van der Waals surface area (Å²) in [6, 6.07) is 0. The molecule has 0 aliphatic heterocycles. The molecule has 5 heteroatoms. The largest absolute Gasteiger partial charge is 0.473 e. The molecule has 0 saturated carbocycles. The smallest absolute Gasteiger partial charge is 0.242 e. The van der Waals surface area contributed by atoms with Gasteiger partial charge in [0.15, 0.2) is 5.82 Å². The molecule has 5 nitrogen and oxygen atoms in total. The van der Waals surface area contributed by atoms with Crippen molar-refractivity contribution in [2.45, 2.75) is 40.7 Å². The number of ether oxygens (including phenoxy) is 1. The second-order valence-corrected chi connectivity index (χ2v) is 5.02. The van der Waals surface area contributed by atoms with Gasteiger partial charge in [-0.1, -0.05) is 13.8 Å². The van der Waals surface area contributed by atoms with Crippen molar-refractivity contribution in [2.24, 2.45) is 5.92 Å². The summed E-state index contributed by atoms with van der Waals surface area (Å²) in [5.41, 5.74) is 6.61. The van der Waals surface area contributed by atoms with Gasteiger partial charge < -0.3 is 15.4 Å². The van der Waals surface area contributed by atoms with Gasteiger partial charge in [0.05, 0.1) is 6.10 Å². The molecule has 0 radical (unpaired) electrons. The highest BCUT2D eigenvalue weighted by Crippen LogP contribution is 2.28. The third-order valence-electron chi connectivity index (χ3n) is 2.44. The van der Waals surface area contributed by atoms with Gasteiger partial charge in [-0.05, 0) is 26.7 Å². The van der Waals surface area contributed by atoms with Crippen LogP contribution in [0.15, 0.2) is 6.33 Å². The first-order valence-corrected chi connectivity index (χ1v) is 6.47. The average Bonchev–Trinajstić information content (AvgIpc) is 2.28. The Bertz CT molecular complexity index is 379. The predicted octanol–water partition coefficient (Wildman–Crippen LogP) is 2.33. The lowest BCUT2D eigenvalue weighted by Gasteiger charge is -2.25. The predicted molar refractivity (Wildman–Crippen MR) is 74.9 cm³/mol. The molecule has 102 valence electrons. The van der Waals surface area contributed by atoms with Crippen molar-refractivity contribution in [1.82, 2.24) is 9.97 Å². The van der Waals surface area contributed by atoms with E-state index < -0.39 is 0 Å². The Balaban J connectivity index is 3.00. The van der Waals surface area contributed by atoms with Gasteiger partial charge in [-0.25, -0.2) is 4.98 Å². The average molecular weight is 252 g/mol. The standard InChI is InChI=1S/C13H24N4O/c1-6-17(7-9(2)3)12-11(14)13(16-8-15-12)18-10(4)5/h8-10H,6-7,14H2,1-5H3. The Morgan fingerprint density at radius 1 is 1.28 bits per heavy atom. The van der Waals surface area contributed by atoms with Gasteiger partial charge in [-0.15, -0.1) is 0 Å². The minimum Gasteiger partial charge on any atom is -0.473 e. The van der Waals surface area contributed by atoms with Gasteiger partial charge in [-0.3, -0.25) is 0 Å². The molecule has 0 bridgehead atoms. The van der Waals surface area contributed by atoms with Gasteiger partial charge in [0.25, 0.3) is 0 Å². The SMILES string of the molecule is CCN(CC(C)C)c1ncnc(OC(C)C)c1N. The fourth-order valence-electron chi connectivity index (χ4n) is 1.75. The third kappa shape index (κ3) is 3.75. The molecule has 0 fully saturated rings. The first-order valence-electron chi connectivity index (χ1n) is 6.47. The Kier molecular flexibility index (Phi) is 5.19. The molecule has 0 aromatic carbocycles. The molecule has 0 spiro atoms. The number of hydrogen-bond acceptors (Lipinski definition) is 5. The molecule has 0 unspecified atom stereocenters. The minimum atomic E-state index is 0.0511. The molecule has 1 rings (SSSR count). The summed E-state index contributed by atoms with van der Waals surface area (Å²) < 4.78 is 5.58. The maximum Gasteiger partial charge on any atom is 0.242 e. The monoisotopic (exact) mass is 252 g/mol. The van der Waals surface area contributed by atoms with Crippen LogP contribution in [0.1, 0.15) is 34.6 Å². The zero-order valence-electron chi connectivity index (χ0n) is 12.0. The highest BCUT2D eigenvalue weighted by atomic mass is 16.5. The van der Waals surface area contributed by atoms with E-state index in [0.29, 0.717) is 17.5 Å². The number of rotatable bonds is 6. The van der Waals surface area contributed by atoms with Crippen LogP contribution in [0.25, 0.3) is 0 Å². The van der Waals surface area contributed by atoms with E-state index in [2.05, 4.69) is 35.6 Å². The van der Waals surface area contributed by atoms with E-state index in [4.69, 9.17) is 10.5 Å². The van der Waals surface area contributed by atoms with E-state index >= 15 is 0 Å². The lowest BCUT2D eigenvalue weighted by Crippen LogP contribution is -2.29. The summed E-state index contributed by atoms with van der Waals surface area (Å²) in [6.07, 6.45) is 1.56. The van der Waals surface area contributed by atoms with E-state index in [-0.39, 0.29) is 6.10 Å². The van der Waals surface area contributed by atoms with Crippen molar-refractivity contribution in [3.05, 3.63) is 6.33 Å². The van der Waals surface area contributed by atoms with E-state index in [9.17, 15) is 0 Å². The van der Waals surface area contributed by atoms with Crippen molar-refractivity contribution in [1.29, 1.82) is 0 Å². The fourth-order valence-corrected chi connectivity index (χ4v) is 1.75. The molecule has 0 atom stereocenters. The van der Waals surface area contributed by atoms with Crippen LogP contribution < -0.4 is 15.4 Å². The minimum absolute atomic E-state index is 0.0511. The summed E-state index contributed by atoms with van der Waals surface area (Å²) in [6.45, 7) is 12.1. The van der Waals surface area contributed by atoms with Crippen molar-refractivity contribution in [3.63, 3.8) is 0 Å². The molecule has 0 amide bonds. The quantitative estimate of drug-likeness (QED) is 0.841. The first-order chi connectivity index (χ1) is 8.45. The number of hydrogen-bond donors (Lipinski definition) is 1. The van der Waals surface area contributed by atoms with Crippen LogP contribution in [-0.2, 0) is 0 Å². The summed E-state index contributed by atoms with van der Waals surface area (Å²) in [4.78, 5) is 10.5. The van der Waals surface area contributed by atoms with Gasteiger partial charge >= 0.3 is 0 Å². The molecule has 0 saturated heterocycles. The Morgan fingerprint density at radius 2 is 1.94 bits per heavy atom. The van der Waals surface area contributed by atoms with E-state index in [1.54, 1.807) is 0 Å². The second kappa shape index (κ2) is 6.42. The number of aromatic nitrogens is 2. The van der Waals surface area contributed by atoms with Crippen LogP contribution in [0.2, 0.25) is 0 Å². The van der Waals surface area contributed by atoms with Crippen LogP contribution in [0.5, 0.6) is 5.88 Å². The number of nitrogen functional groups attached to an aromatic ring is 1. The first kappa shape index (κ1) is 14.5. The van der Waals surface area contributed by atoms with Crippen molar-refractivity contribution in [2.75, 3.05) is 23.7 Å². The van der Waals surface area contributed by atoms with Crippen molar-refractivity contribution >= 4 is 11.5 Å². The molecule has 1 heterocycles. The molecule has 1 aromatic rings. The molecule has 18 heavy (non-hydrogen) atoms. The molecule has 2 N–H and O–H groups in total. The van der Waals surface area contributed by atoms with Crippen LogP contribution in [0.4, 0.5) is 11.5 Å². The lowest BCUT2D eigenvalue weighted by molar-refractivity contribution is 0.234. The van der Waals surface area contributed by atoms with E-state index in [1.165, 1.54) is 6.33 Å². The van der Waals surface area contributed by atoms with E-state index in [1.807, 2.05) is 13.8 Å². The summed E-state index contributed by atoms with van der Waals surface area (Å²) in [5, 5.41) is 0. The second-order valence-electron chi connectivity index (χ2n) is 5.02. The maximum atomic E-state index is 6.09. The van der Waals surface area contributed by atoms with Crippen LogP contribution in [0, 0.1) is 5.92 Å². The van der Waals surface area contributed by atoms with Crippen LogP contribution >= 0.6 is 0 Å². The van der Waals surface area contributed by atoms with Crippen molar-refractivity contribution in [3.8, 4) is 5.88 Å². The van der Waals surface area contributed by atoms with Gasteiger partial charge in [0.1, 0.15) is 12.0 Å². The molecular formula is C13H24N4O. The van der Waals surface area contributed by atoms with E-state index in [0.717, 1.165) is 18.9 Å². The number of nitrogens with two attached hydrogens (primary N) is 1. The molecule has 0 aliphatic rings. The Labute approximate surface area is 109 Å². The molecule has 0 aliphatic carbocycles. The summed E-state index contributed by atoms with van der Waals surface area (Å²) in [7, 11) is 0. The Hall–Kier alpha value is -1.52.